The van der Waals surface area contributed by atoms with Crippen molar-refractivity contribution in [2.45, 2.75) is 13.5 Å². The van der Waals surface area contributed by atoms with Crippen LogP contribution in [0.4, 0.5) is 4.39 Å². The van der Waals surface area contributed by atoms with Crippen LogP contribution in [0.25, 0.3) is 10.9 Å². The van der Waals surface area contributed by atoms with Crippen molar-refractivity contribution in [1.82, 2.24) is 10.3 Å². The van der Waals surface area contributed by atoms with Crippen LogP contribution < -0.4 is 10.1 Å². The first-order valence-corrected chi connectivity index (χ1v) is 7.28. The number of hydrogen-bond acceptors (Lipinski definition) is 2. The number of fused-ring (bicyclic) bond motifs is 1. The van der Waals surface area contributed by atoms with E-state index >= 15 is 0 Å². The molecule has 0 aliphatic rings. The molecule has 0 aliphatic carbocycles. The molecule has 3 rings (SSSR count). The maximum absolute atomic E-state index is 13.6. The molecule has 4 nitrogen and oxygen atoms in total. The summed E-state index contributed by atoms with van der Waals surface area (Å²) in [5.74, 6) is 0.160. The Balaban J connectivity index is 1.86. The molecule has 2 aromatic carbocycles. The first kappa shape index (κ1) is 15.1. The Morgan fingerprint density at radius 2 is 2.04 bits per heavy atom. The van der Waals surface area contributed by atoms with E-state index < -0.39 is 0 Å². The fraction of sp³-hybridized carbons (Fsp3) is 0.167. The average molecular weight is 312 g/mol. The Morgan fingerprint density at radius 1 is 1.26 bits per heavy atom. The highest BCUT2D eigenvalue weighted by Gasteiger charge is 2.16. The summed E-state index contributed by atoms with van der Waals surface area (Å²) in [5.41, 5.74) is 2.62. The van der Waals surface area contributed by atoms with E-state index in [1.165, 1.54) is 6.07 Å². The van der Waals surface area contributed by atoms with Crippen LogP contribution >= 0.6 is 0 Å². The lowest BCUT2D eigenvalue weighted by Crippen LogP contribution is -2.23. The number of carbonyl (C=O) groups is 1. The molecule has 0 bridgehead atoms. The lowest BCUT2D eigenvalue weighted by atomic mass is 10.1. The van der Waals surface area contributed by atoms with Crippen LogP contribution in [0.1, 0.15) is 21.6 Å². The number of aryl methyl sites for hydroxylation is 1. The fourth-order valence-corrected chi connectivity index (χ4v) is 2.64. The van der Waals surface area contributed by atoms with Crippen LogP contribution in [0.15, 0.2) is 42.5 Å². The normalized spacial score (nSPS) is 10.7. The lowest BCUT2D eigenvalue weighted by molar-refractivity contribution is 0.0951. The van der Waals surface area contributed by atoms with Crippen LogP contribution in [0.2, 0.25) is 0 Å². The lowest BCUT2D eigenvalue weighted by Gasteiger charge is -2.07. The van der Waals surface area contributed by atoms with Crippen molar-refractivity contribution in [1.29, 1.82) is 0 Å². The summed E-state index contributed by atoms with van der Waals surface area (Å²) in [5, 5.41) is 3.59. The van der Waals surface area contributed by atoms with Crippen molar-refractivity contribution in [3.63, 3.8) is 0 Å². The second-order valence-electron chi connectivity index (χ2n) is 5.31. The average Bonchev–Trinajstić information content (AvgIpc) is 2.88. The van der Waals surface area contributed by atoms with Gasteiger partial charge in [-0.1, -0.05) is 18.2 Å². The predicted octanol–water partition coefficient (Wildman–Crippen LogP) is 3.55. The summed E-state index contributed by atoms with van der Waals surface area (Å²) in [6, 6.07) is 11.9. The number of rotatable bonds is 4. The van der Waals surface area contributed by atoms with Crippen molar-refractivity contribution in [3.8, 4) is 5.75 Å². The van der Waals surface area contributed by atoms with E-state index in [0.717, 1.165) is 22.3 Å². The van der Waals surface area contributed by atoms with Gasteiger partial charge in [-0.15, -0.1) is 0 Å². The molecule has 0 radical (unpaired) electrons. The number of carbonyl (C=O) groups excluding carboxylic acids is 1. The summed E-state index contributed by atoms with van der Waals surface area (Å²) in [7, 11) is 1.60. The van der Waals surface area contributed by atoms with E-state index in [-0.39, 0.29) is 18.3 Å². The monoisotopic (exact) mass is 312 g/mol. The third-order valence-electron chi connectivity index (χ3n) is 3.82. The van der Waals surface area contributed by atoms with Gasteiger partial charge in [0.15, 0.2) is 0 Å². The molecular formula is C18H17FN2O2. The van der Waals surface area contributed by atoms with Gasteiger partial charge in [-0.2, -0.15) is 0 Å². The topological polar surface area (TPSA) is 54.1 Å². The number of benzene rings is 2. The summed E-state index contributed by atoms with van der Waals surface area (Å²) in [4.78, 5) is 15.7. The molecule has 3 aromatic rings. The van der Waals surface area contributed by atoms with E-state index in [9.17, 15) is 9.18 Å². The predicted molar refractivity (Wildman–Crippen MR) is 87.2 cm³/mol. The molecule has 0 aliphatic heterocycles. The minimum absolute atomic E-state index is 0.147. The number of ether oxygens (including phenoxy) is 1. The van der Waals surface area contributed by atoms with E-state index in [0.29, 0.717) is 11.1 Å². The molecular weight excluding hydrogens is 295 g/mol. The van der Waals surface area contributed by atoms with E-state index in [1.807, 2.05) is 25.1 Å². The van der Waals surface area contributed by atoms with Gasteiger partial charge in [-0.05, 0) is 25.1 Å². The number of H-pyrrole nitrogens is 1. The fourth-order valence-electron chi connectivity index (χ4n) is 2.64. The molecule has 0 saturated heterocycles. The van der Waals surface area contributed by atoms with Crippen molar-refractivity contribution >= 4 is 16.8 Å². The smallest absolute Gasteiger partial charge is 0.253 e. The zero-order chi connectivity index (χ0) is 16.4. The number of amides is 1. The first-order chi connectivity index (χ1) is 11.1. The SMILES string of the molecule is COc1ccc2c(C(=O)NCc3ccccc3F)c(C)[nH]c2c1. The molecule has 2 N–H and O–H groups in total. The minimum Gasteiger partial charge on any atom is -0.497 e. The third kappa shape index (κ3) is 2.90. The van der Waals surface area contributed by atoms with Gasteiger partial charge in [0.2, 0.25) is 0 Å². The van der Waals surface area contributed by atoms with Crippen molar-refractivity contribution in [3.05, 3.63) is 65.1 Å². The Bertz CT molecular complexity index is 871. The highest BCUT2D eigenvalue weighted by atomic mass is 19.1. The van der Waals surface area contributed by atoms with Gasteiger partial charge in [-0.3, -0.25) is 4.79 Å². The van der Waals surface area contributed by atoms with Crippen LogP contribution in [-0.4, -0.2) is 18.0 Å². The third-order valence-corrected chi connectivity index (χ3v) is 3.82. The van der Waals surface area contributed by atoms with Crippen LogP contribution in [0.5, 0.6) is 5.75 Å². The Kier molecular flexibility index (Phi) is 4.02. The van der Waals surface area contributed by atoms with E-state index in [1.54, 1.807) is 25.3 Å². The van der Waals surface area contributed by atoms with Gasteiger partial charge < -0.3 is 15.0 Å². The molecule has 1 heterocycles. The molecule has 5 heteroatoms. The standard InChI is InChI=1S/C18H17FN2O2/c1-11-17(14-8-7-13(23-2)9-16(14)21-11)18(22)20-10-12-5-3-4-6-15(12)19/h3-9,21H,10H2,1-2H3,(H,20,22). The van der Waals surface area contributed by atoms with Crippen molar-refractivity contribution < 1.29 is 13.9 Å². The highest BCUT2D eigenvalue weighted by Crippen LogP contribution is 2.26. The summed E-state index contributed by atoms with van der Waals surface area (Å²) in [6.07, 6.45) is 0. The molecule has 0 unspecified atom stereocenters. The van der Waals surface area contributed by atoms with Gasteiger partial charge in [0.25, 0.3) is 5.91 Å². The summed E-state index contributed by atoms with van der Waals surface area (Å²) < 4.78 is 18.8. The molecule has 0 saturated carbocycles. The van der Waals surface area contributed by atoms with Crippen LogP contribution in [0.3, 0.4) is 0 Å². The number of hydrogen-bond donors (Lipinski definition) is 2. The quantitative estimate of drug-likeness (QED) is 0.774. The largest absolute Gasteiger partial charge is 0.497 e. The maximum atomic E-state index is 13.6. The van der Waals surface area contributed by atoms with Crippen molar-refractivity contribution in [2.75, 3.05) is 7.11 Å². The minimum atomic E-state index is -0.326. The van der Waals surface area contributed by atoms with Gasteiger partial charge in [0.1, 0.15) is 11.6 Å². The van der Waals surface area contributed by atoms with Gasteiger partial charge in [0, 0.05) is 29.3 Å². The zero-order valence-corrected chi connectivity index (χ0v) is 12.9. The molecule has 23 heavy (non-hydrogen) atoms. The van der Waals surface area contributed by atoms with Gasteiger partial charge in [-0.25, -0.2) is 4.39 Å². The Labute approximate surface area is 133 Å². The second-order valence-corrected chi connectivity index (χ2v) is 5.31. The summed E-state index contributed by atoms with van der Waals surface area (Å²) in [6.45, 7) is 1.98. The van der Waals surface area contributed by atoms with Crippen LogP contribution in [0, 0.1) is 12.7 Å². The number of methoxy groups -OCH3 is 1. The van der Waals surface area contributed by atoms with Gasteiger partial charge >= 0.3 is 0 Å². The molecule has 0 atom stereocenters. The molecule has 0 fully saturated rings. The van der Waals surface area contributed by atoms with Crippen LogP contribution in [-0.2, 0) is 6.54 Å². The second kappa shape index (κ2) is 6.12. The maximum Gasteiger partial charge on any atom is 0.253 e. The van der Waals surface area contributed by atoms with E-state index in [2.05, 4.69) is 10.3 Å². The van der Waals surface area contributed by atoms with Gasteiger partial charge in [0.05, 0.1) is 18.2 Å². The molecule has 0 spiro atoms. The van der Waals surface area contributed by atoms with Crippen molar-refractivity contribution in [2.24, 2.45) is 0 Å². The molecule has 1 aromatic heterocycles. The molecule has 1 amide bonds. The summed E-state index contributed by atoms with van der Waals surface area (Å²) >= 11 is 0. The van der Waals surface area contributed by atoms with E-state index in [4.69, 9.17) is 4.74 Å². The Morgan fingerprint density at radius 3 is 2.78 bits per heavy atom. The molecule has 118 valence electrons. The number of aromatic nitrogens is 1. The number of halogens is 1. The number of nitrogens with one attached hydrogen (secondary N) is 2. The zero-order valence-electron chi connectivity index (χ0n) is 12.9. The number of aromatic amines is 1. The first-order valence-electron chi connectivity index (χ1n) is 7.28. The Hall–Kier alpha value is -2.82. The highest BCUT2D eigenvalue weighted by molar-refractivity contribution is 6.08.